The molecule has 0 unspecified atom stereocenters. The van der Waals surface area contributed by atoms with Crippen LogP contribution < -0.4 is 4.74 Å². The molecular formula is C21H28O5. The van der Waals surface area contributed by atoms with Crippen molar-refractivity contribution in [1.29, 1.82) is 0 Å². The molecule has 2 atom stereocenters. The Balaban J connectivity index is 2.08. The van der Waals surface area contributed by atoms with Gasteiger partial charge >= 0.3 is 5.97 Å². The van der Waals surface area contributed by atoms with E-state index in [1.807, 2.05) is 19.9 Å². The van der Waals surface area contributed by atoms with Crippen LogP contribution in [0.5, 0.6) is 11.5 Å². The first-order chi connectivity index (χ1) is 12.1. The number of ketones is 1. The minimum Gasteiger partial charge on any atom is -0.508 e. The number of ether oxygens (including phenoxy) is 2. The largest absolute Gasteiger partial charge is 0.508 e. The van der Waals surface area contributed by atoms with Crippen molar-refractivity contribution in [2.24, 2.45) is 5.92 Å². The van der Waals surface area contributed by atoms with E-state index < -0.39 is 11.0 Å². The smallest absolute Gasteiger partial charge is 0.315 e. The molecule has 26 heavy (non-hydrogen) atoms. The summed E-state index contributed by atoms with van der Waals surface area (Å²) in [6, 6.07) is 3.44. The number of carbonyl (C=O) groups excluding carboxylic acids is 2. The maximum absolute atomic E-state index is 12.4. The molecule has 3 rings (SSSR count). The molecule has 1 aromatic rings. The quantitative estimate of drug-likeness (QED) is 0.829. The Labute approximate surface area is 154 Å². The minimum absolute atomic E-state index is 0.0465. The Morgan fingerprint density at radius 3 is 2.73 bits per heavy atom. The van der Waals surface area contributed by atoms with Crippen molar-refractivity contribution >= 4 is 11.8 Å². The highest BCUT2D eigenvalue weighted by molar-refractivity contribution is 5.83. The van der Waals surface area contributed by atoms with Crippen molar-refractivity contribution in [1.82, 2.24) is 0 Å². The van der Waals surface area contributed by atoms with Gasteiger partial charge in [0.2, 0.25) is 0 Å². The SMILES string of the molecule is CCOC(=O)C(C)(C)c1cc(O)c2c(c1)OC(C)(C)[C@@H]1CCC(=O)C[C@@H]21. The summed E-state index contributed by atoms with van der Waals surface area (Å²) >= 11 is 0. The van der Waals surface area contributed by atoms with E-state index in [0.29, 0.717) is 36.3 Å². The van der Waals surface area contributed by atoms with E-state index in [9.17, 15) is 14.7 Å². The van der Waals surface area contributed by atoms with E-state index in [2.05, 4.69) is 0 Å². The summed E-state index contributed by atoms with van der Waals surface area (Å²) in [7, 11) is 0. The summed E-state index contributed by atoms with van der Waals surface area (Å²) < 4.78 is 11.4. The summed E-state index contributed by atoms with van der Waals surface area (Å²) in [5.41, 5.74) is 0.00149. The van der Waals surface area contributed by atoms with Crippen LogP contribution in [0.1, 0.15) is 70.9 Å². The van der Waals surface area contributed by atoms with Crippen LogP contribution in [0.25, 0.3) is 0 Å². The predicted octanol–water partition coefficient (Wildman–Crippen LogP) is 3.86. The Morgan fingerprint density at radius 1 is 1.38 bits per heavy atom. The van der Waals surface area contributed by atoms with Gasteiger partial charge in [-0.3, -0.25) is 9.59 Å². The molecule has 5 nitrogen and oxygen atoms in total. The summed E-state index contributed by atoms with van der Waals surface area (Å²) in [5, 5.41) is 10.8. The van der Waals surface area contributed by atoms with Crippen LogP contribution in [-0.4, -0.2) is 29.1 Å². The van der Waals surface area contributed by atoms with E-state index in [4.69, 9.17) is 9.47 Å². The molecule has 1 N–H and O–H groups in total. The monoisotopic (exact) mass is 360 g/mol. The number of hydrogen-bond donors (Lipinski definition) is 1. The second-order valence-corrected chi connectivity index (χ2v) is 8.45. The number of esters is 1. The van der Waals surface area contributed by atoms with Gasteiger partial charge < -0.3 is 14.6 Å². The van der Waals surface area contributed by atoms with Gasteiger partial charge in [-0.25, -0.2) is 0 Å². The third-order valence-electron chi connectivity index (χ3n) is 5.93. The van der Waals surface area contributed by atoms with Crippen molar-refractivity contribution in [2.75, 3.05) is 6.61 Å². The molecule has 2 aliphatic rings. The van der Waals surface area contributed by atoms with Crippen molar-refractivity contribution in [3.05, 3.63) is 23.3 Å². The van der Waals surface area contributed by atoms with Crippen molar-refractivity contribution < 1.29 is 24.2 Å². The third kappa shape index (κ3) is 2.97. The zero-order valence-corrected chi connectivity index (χ0v) is 16.2. The molecule has 1 saturated carbocycles. The Morgan fingerprint density at radius 2 is 2.08 bits per heavy atom. The van der Waals surface area contributed by atoms with E-state index in [1.54, 1.807) is 26.8 Å². The summed E-state index contributed by atoms with van der Waals surface area (Å²) in [5.74, 6) is 0.677. The number of benzene rings is 1. The molecule has 1 aromatic carbocycles. The topological polar surface area (TPSA) is 72.8 Å². The van der Waals surface area contributed by atoms with Crippen LogP contribution >= 0.6 is 0 Å². The van der Waals surface area contributed by atoms with Crippen LogP contribution in [0, 0.1) is 5.92 Å². The highest BCUT2D eigenvalue weighted by atomic mass is 16.5. The lowest BCUT2D eigenvalue weighted by molar-refractivity contribution is -0.148. The zero-order valence-electron chi connectivity index (χ0n) is 16.2. The van der Waals surface area contributed by atoms with Gasteiger partial charge in [0.1, 0.15) is 22.9 Å². The standard InChI is InChI=1S/C21H28O5/c1-6-25-19(24)20(2,3)12-9-16(23)18-14-11-13(22)7-8-15(14)21(4,5)26-17(18)10-12/h9-10,14-15,23H,6-8,11H2,1-5H3/t14-,15-/m1/s1. The first-order valence-electron chi connectivity index (χ1n) is 9.33. The van der Waals surface area contributed by atoms with E-state index in [1.165, 1.54) is 0 Å². The minimum atomic E-state index is -0.907. The Hall–Kier alpha value is -2.04. The van der Waals surface area contributed by atoms with Gasteiger partial charge in [-0.1, -0.05) is 0 Å². The maximum atomic E-state index is 12.4. The molecule has 0 saturated heterocycles. The highest BCUT2D eigenvalue weighted by Gasteiger charge is 2.48. The number of carbonyl (C=O) groups is 2. The zero-order chi connectivity index (χ0) is 19.3. The fourth-order valence-electron chi connectivity index (χ4n) is 4.36. The molecule has 142 valence electrons. The number of phenolic OH excluding ortho intramolecular Hbond substituents is 1. The molecule has 1 fully saturated rings. The number of hydrogen-bond acceptors (Lipinski definition) is 5. The van der Waals surface area contributed by atoms with Crippen molar-refractivity contribution in [2.45, 2.75) is 70.8 Å². The normalized spacial score (nSPS) is 24.3. The molecule has 1 aliphatic heterocycles. The Bertz CT molecular complexity index is 747. The van der Waals surface area contributed by atoms with Gasteiger partial charge in [0, 0.05) is 30.2 Å². The van der Waals surface area contributed by atoms with Gasteiger partial charge in [-0.15, -0.1) is 0 Å². The molecule has 0 spiro atoms. The van der Waals surface area contributed by atoms with Crippen molar-refractivity contribution in [3.8, 4) is 11.5 Å². The van der Waals surface area contributed by atoms with Gasteiger partial charge in [0.25, 0.3) is 0 Å². The second kappa shape index (κ2) is 6.29. The molecule has 0 aromatic heterocycles. The first kappa shape index (κ1) is 18.7. The van der Waals surface area contributed by atoms with E-state index in [0.717, 1.165) is 6.42 Å². The van der Waals surface area contributed by atoms with Gasteiger partial charge in [-0.05, 0) is 58.7 Å². The maximum Gasteiger partial charge on any atom is 0.315 e. The van der Waals surface area contributed by atoms with Crippen LogP contribution in [0.4, 0.5) is 0 Å². The fraction of sp³-hybridized carbons (Fsp3) is 0.619. The van der Waals surface area contributed by atoms with Crippen LogP contribution in [0.2, 0.25) is 0 Å². The molecule has 0 radical (unpaired) electrons. The number of rotatable bonds is 3. The van der Waals surface area contributed by atoms with Crippen LogP contribution in [-0.2, 0) is 19.7 Å². The highest BCUT2D eigenvalue weighted by Crippen LogP contribution is 2.54. The van der Waals surface area contributed by atoms with Crippen molar-refractivity contribution in [3.63, 3.8) is 0 Å². The molecule has 1 aliphatic carbocycles. The van der Waals surface area contributed by atoms with E-state index >= 15 is 0 Å². The number of aromatic hydroxyl groups is 1. The average molecular weight is 360 g/mol. The lowest BCUT2D eigenvalue weighted by Gasteiger charge is -2.47. The lowest BCUT2D eigenvalue weighted by Crippen LogP contribution is -2.47. The lowest BCUT2D eigenvalue weighted by atomic mass is 9.66. The predicted molar refractivity (Wildman–Crippen MR) is 97.6 cm³/mol. The summed E-state index contributed by atoms with van der Waals surface area (Å²) in [6.07, 6.45) is 1.77. The van der Waals surface area contributed by atoms with E-state index in [-0.39, 0.29) is 29.3 Å². The van der Waals surface area contributed by atoms with Gasteiger partial charge in [0.05, 0.1) is 12.0 Å². The first-order valence-corrected chi connectivity index (χ1v) is 9.33. The molecule has 0 amide bonds. The Kier molecular flexibility index (Phi) is 4.53. The van der Waals surface area contributed by atoms with Crippen LogP contribution in [0.3, 0.4) is 0 Å². The fourth-order valence-corrected chi connectivity index (χ4v) is 4.36. The third-order valence-corrected chi connectivity index (χ3v) is 5.93. The second-order valence-electron chi connectivity index (χ2n) is 8.45. The molecule has 5 heteroatoms. The summed E-state index contributed by atoms with van der Waals surface area (Å²) in [4.78, 5) is 24.4. The molecule has 0 bridgehead atoms. The average Bonchev–Trinajstić information content (AvgIpc) is 2.53. The number of Topliss-reactive ketones (excluding diaryl/α,β-unsaturated/α-hetero) is 1. The molecular weight excluding hydrogens is 332 g/mol. The van der Waals surface area contributed by atoms with Gasteiger partial charge in [-0.2, -0.15) is 0 Å². The number of phenols is 1. The summed E-state index contributed by atoms with van der Waals surface area (Å²) in [6.45, 7) is 9.67. The van der Waals surface area contributed by atoms with Gasteiger partial charge in [0.15, 0.2) is 0 Å². The van der Waals surface area contributed by atoms with Crippen LogP contribution in [0.15, 0.2) is 12.1 Å². The number of fused-ring (bicyclic) bond motifs is 3. The molecule has 1 heterocycles.